The predicted molar refractivity (Wildman–Crippen MR) is 82.0 cm³/mol. The molecule has 0 N–H and O–H groups in total. The zero-order chi connectivity index (χ0) is 14.7. The molecule has 1 aliphatic rings. The van der Waals surface area contributed by atoms with Crippen LogP contribution in [0.3, 0.4) is 0 Å². The quantitative estimate of drug-likeness (QED) is 0.392. The number of carbonyl (C=O) groups excluding carboxylic acids is 2. The monoisotopic (exact) mass is 297 g/mol. The van der Waals surface area contributed by atoms with E-state index in [1.807, 2.05) is 42.1 Å². The van der Waals surface area contributed by atoms with Crippen molar-refractivity contribution in [1.29, 1.82) is 0 Å². The highest BCUT2D eigenvalue weighted by Gasteiger charge is 2.34. The van der Waals surface area contributed by atoms with E-state index in [0.29, 0.717) is 11.1 Å². The van der Waals surface area contributed by atoms with E-state index in [1.165, 1.54) is 0 Å². The van der Waals surface area contributed by atoms with Gasteiger partial charge in [-0.25, -0.2) is 9.59 Å². The summed E-state index contributed by atoms with van der Waals surface area (Å²) >= 11 is 1.56. The Morgan fingerprint density at radius 1 is 1.14 bits per heavy atom. The lowest BCUT2D eigenvalue weighted by atomic mass is 10.0. The molecule has 0 radical (unpaired) electrons. The van der Waals surface area contributed by atoms with Crippen LogP contribution in [0.2, 0.25) is 0 Å². The molecule has 5 heteroatoms. The minimum Gasteiger partial charge on any atom is -0.386 e. The topological polar surface area (TPSA) is 48.3 Å². The number of fused-ring (bicyclic) bond motifs is 5. The first-order valence-electron chi connectivity index (χ1n) is 6.48. The highest BCUT2D eigenvalue weighted by Crippen LogP contribution is 2.40. The molecule has 2 heterocycles. The van der Waals surface area contributed by atoms with Gasteiger partial charge in [0.25, 0.3) is 0 Å². The van der Waals surface area contributed by atoms with Crippen molar-refractivity contribution >= 4 is 45.5 Å². The normalized spacial score (nSPS) is 14.0. The fraction of sp³-hybridized carbons (Fsp3) is 0.125. The molecule has 4 nitrogen and oxygen atoms in total. The zero-order valence-electron chi connectivity index (χ0n) is 11.5. The van der Waals surface area contributed by atoms with Crippen LogP contribution in [0.15, 0.2) is 35.2 Å². The first kappa shape index (κ1) is 12.5. The highest BCUT2D eigenvalue weighted by molar-refractivity contribution is 7.98. The second-order valence-electron chi connectivity index (χ2n) is 4.98. The van der Waals surface area contributed by atoms with Gasteiger partial charge in [0.1, 0.15) is 0 Å². The molecule has 0 aliphatic carbocycles. The lowest BCUT2D eigenvalue weighted by Gasteiger charge is -2.05. The zero-order valence-corrected chi connectivity index (χ0v) is 12.3. The first-order chi connectivity index (χ1) is 10.1. The van der Waals surface area contributed by atoms with Crippen molar-refractivity contribution in [1.82, 2.24) is 4.57 Å². The Morgan fingerprint density at radius 3 is 2.67 bits per heavy atom. The molecule has 1 aromatic heterocycles. The Hall–Kier alpha value is -2.27. The Kier molecular flexibility index (Phi) is 2.44. The van der Waals surface area contributed by atoms with Gasteiger partial charge < -0.3 is 9.30 Å². The van der Waals surface area contributed by atoms with Gasteiger partial charge in [0.05, 0.1) is 16.6 Å². The maximum Gasteiger partial charge on any atom is 0.349 e. The third kappa shape index (κ3) is 1.46. The maximum absolute atomic E-state index is 12.1. The highest BCUT2D eigenvalue weighted by atomic mass is 32.2. The van der Waals surface area contributed by atoms with Crippen molar-refractivity contribution in [2.24, 2.45) is 7.05 Å². The van der Waals surface area contributed by atoms with E-state index >= 15 is 0 Å². The molecule has 0 bridgehead atoms. The molecule has 0 fully saturated rings. The molecule has 2 aromatic carbocycles. The number of hydrogen-bond acceptors (Lipinski definition) is 4. The smallest absolute Gasteiger partial charge is 0.349 e. The van der Waals surface area contributed by atoms with E-state index in [1.54, 1.807) is 17.8 Å². The van der Waals surface area contributed by atoms with Crippen molar-refractivity contribution in [3.63, 3.8) is 0 Å². The van der Waals surface area contributed by atoms with E-state index in [4.69, 9.17) is 4.74 Å². The van der Waals surface area contributed by atoms with Gasteiger partial charge in [-0.3, -0.25) is 0 Å². The number of nitrogens with zero attached hydrogens (tertiary/aromatic N) is 1. The Morgan fingerprint density at radius 2 is 1.90 bits per heavy atom. The summed E-state index contributed by atoms with van der Waals surface area (Å²) in [5.74, 6) is -1.11. The van der Waals surface area contributed by atoms with Crippen LogP contribution in [0.1, 0.15) is 20.7 Å². The largest absolute Gasteiger partial charge is 0.386 e. The summed E-state index contributed by atoms with van der Waals surface area (Å²) < 4.78 is 6.75. The van der Waals surface area contributed by atoms with Crippen LogP contribution in [0.4, 0.5) is 0 Å². The summed E-state index contributed by atoms with van der Waals surface area (Å²) in [4.78, 5) is 24.9. The van der Waals surface area contributed by atoms with Crippen LogP contribution >= 0.6 is 11.8 Å². The molecule has 21 heavy (non-hydrogen) atoms. The van der Waals surface area contributed by atoms with Gasteiger partial charge in [0, 0.05) is 28.2 Å². The summed E-state index contributed by atoms with van der Waals surface area (Å²) in [6.07, 6.45) is 1.96. The lowest BCUT2D eigenvalue weighted by molar-refractivity contribution is 0.0444. The molecule has 3 aromatic rings. The van der Waals surface area contributed by atoms with E-state index in [2.05, 4.69) is 0 Å². The Balaban J connectivity index is 2.34. The number of rotatable bonds is 1. The fourth-order valence-corrected chi connectivity index (χ4v) is 3.70. The third-order valence-electron chi connectivity index (χ3n) is 3.96. The number of benzene rings is 2. The summed E-state index contributed by atoms with van der Waals surface area (Å²) in [7, 11) is 1.91. The second-order valence-corrected chi connectivity index (χ2v) is 5.83. The Bertz CT molecular complexity index is 955. The van der Waals surface area contributed by atoms with Gasteiger partial charge in [0.15, 0.2) is 0 Å². The van der Waals surface area contributed by atoms with E-state index in [-0.39, 0.29) is 0 Å². The molecule has 0 unspecified atom stereocenters. The van der Waals surface area contributed by atoms with Crippen LogP contribution in [-0.4, -0.2) is 22.8 Å². The maximum atomic E-state index is 12.1. The third-order valence-corrected chi connectivity index (χ3v) is 4.73. The number of para-hydroxylation sites is 1. The van der Waals surface area contributed by atoms with Crippen LogP contribution in [0.5, 0.6) is 0 Å². The number of hydrogen-bond donors (Lipinski definition) is 0. The molecular formula is C16H11NO3S. The van der Waals surface area contributed by atoms with Gasteiger partial charge in [0.2, 0.25) is 0 Å². The van der Waals surface area contributed by atoms with Crippen molar-refractivity contribution in [3.8, 4) is 0 Å². The predicted octanol–water partition coefficient (Wildman–Crippen LogP) is 3.36. The lowest BCUT2D eigenvalue weighted by Crippen LogP contribution is -1.99. The van der Waals surface area contributed by atoms with Crippen molar-refractivity contribution < 1.29 is 14.3 Å². The number of esters is 2. The van der Waals surface area contributed by atoms with Gasteiger partial charge in [-0.1, -0.05) is 18.2 Å². The molecule has 0 spiro atoms. The van der Waals surface area contributed by atoms with Crippen molar-refractivity contribution in [3.05, 3.63) is 41.5 Å². The summed E-state index contributed by atoms with van der Waals surface area (Å²) in [5, 5.41) is 2.08. The standard InChI is InChI=1S/C16H11NO3S/c1-17-10-6-4-3-5-8(10)12-11(21-2)7-9-13(14(12)17)16(19)20-15(9)18/h3-7H,1-2H3. The molecule has 104 valence electrons. The molecule has 0 atom stereocenters. The van der Waals surface area contributed by atoms with Crippen LogP contribution in [0.25, 0.3) is 21.8 Å². The van der Waals surface area contributed by atoms with E-state index in [9.17, 15) is 9.59 Å². The van der Waals surface area contributed by atoms with Gasteiger partial charge >= 0.3 is 11.9 Å². The second kappa shape index (κ2) is 4.11. The average molecular weight is 297 g/mol. The molecule has 0 saturated carbocycles. The van der Waals surface area contributed by atoms with Crippen LogP contribution in [-0.2, 0) is 11.8 Å². The van der Waals surface area contributed by atoms with E-state index < -0.39 is 11.9 Å². The van der Waals surface area contributed by atoms with Crippen molar-refractivity contribution in [2.75, 3.05) is 6.26 Å². The minimum absolute atomic E-state index is 0.364. The fourth-order valence-electron chi connectivity index (χ4n) is 3.06. The van der Waals surface area contributed by atoms with Crippen LogP contribution < -0.4 is 0 Å². The summed E-state index contributed by atoms with van der Waals surface area (Å²) in [6.45, 7) is 0. The number of carbonyl (C=O) groups is 2. The van der Waals surface area contributed by atoms with Gasteiger partial charge in [-0.15, -0.1) is 11.8 Å². The molecule has 4 rings (SSSR count). The number of thioether (sulfide) groups is 1. The number of ether oxygens (including phenoxy) is 1. The van der Waals surface area contributed by atoms with Crippen molar-refractivity contribution in [2.45, 2.75) is 4.90 Å². The van der Waals surface area contributed by atoms with Gasteiger partial charge in [-0.2, -0.15) is 0 Å². The molecule has 0 saturated heterocycles. The molecular weight excluding hydrogens is 286 g/mol. The Labute approximate surface area is 124 Å². The first-order valence-corrected chi connectivity index (χ1v) is 7.70. The van der Waals surface area contributed by atoms with Gasteiger partial charge in [-0.05, 0) is 18.4 Å². The molecule has 1 aliphatic heterocycles. The van der Waals surface area contributed by atoms with Crippen LogP contribution in [0, 0.1) is 0 Å². The van der Waals surface area contributed by atoms with E-state index in [0.717, 1.165) is 26.7 Å². The number of cyclic esters (lactones) is 2. The molecule has 0 amide bonds. The number of aryl methyl sites for hydroxylation is 1. The number of aromatic nitrogens is 1. The summed E-state index contributed by atoms with van der Waals surface area (Å²) in [6, 6.07) is 9.74. The summed E-state index contributed by atoms with van der Waals surface area (Å²) in [5.41, 5.74) is 2.55. The minimum atomic E-state index is -0.558. The SMILES string of the molecule is CSc1cc2c(c3c1c1ccccc1n3C)C(=O)OC2=O. The average Bonchev–Trinajstić information content (AvgIpc) is 2.95.